The smallest absolute Gasteiger partial charge is 0.303 e. The first-order valence-electron chi connectivity index (χ1n) is 8.02. The van der Waals surface area contributed by atoms with E-state index in [1.54, 1.807) is 0 Å². The van der Waals surface area contributed by atoms with E-state index in [0.717, 1.165) is 37.7 Å². The maximum absolute atomic E-state index is 10.9. The molecule has 1 N–H and O–H groups in total. The molecule has 0 aromatic heterocycles. The second-order valence-corrected chi connectivity index (χ2v) is 6.00. The zero-order valence-corrected chi connectivity index (χ0v) is 13.8. The summed E-state index contributed by atoms with van der Waals surface area (Å²) in [6.07, 6.45) is 18.7. The molecule has 1 heterocycles. The molecule has 0 bridgehead atoms. The number of terminal acetylenes is 1. The standard InChI is InChI=1S/C17H28O3.C2H2/c1-14-6-4-3-5-11-20-13-15(2)8-10-16(9-7-14)12-17(18)19;1-2/h3,5,14,16H,2,4,6-13H2,1H3,(H,18,19);1-2H/b5-3-;. The maximum Gasteiger partial charge on any atom is 0.303 e. The normalized spacial score (nSPS) is 26.0. The summed E-state index contributed by atoms with van der Waals surface area (Å²) in [7, 11) is 0. The molecule has 124 valence electrons. The van der Waals surface area contributed by atoms with Crippen molar-refractivity contribution in [1.82, 2.24) is 0 Å². The fourth-order valence-corrected chi connectivity index (χ4v) is 2.58. The highest BCUT2D eigenvalue weighted by atomic mass is 16.5. The van der Waals surface area contributed by atoms with Crippen molar-refractivity contribution in [2.75, 3.05) is 13.2 Å². The van der Waals surface area contributed by atoms with Gasteiger partial charge in [-0.05, 0) is 43.9 Å². The first-order chi connectivity index (χ1) is 10.6. The van der Waals surface area contributed by atoms with Gasteiger partial charge in [0.2, 0.25) is 0 Å². The molecule has 0 radical (unpaired) electrons. The molecule has 0 spiro atoms. The van der Waals surface area contributed by atoms with E-state index in [9.17, 15) is 4.79 Å². The van der Waals surface area contributed by atoms with Crippen LogP contribution in [-0.4, -0.2) is 24.3 Å². The Bertz CT molecular complexity index is 368. The minimum atomic E-state index is -0.687. The van der Waals surface area contributed by atoms with Crippen molar-refractivity contribution >= 4 is 5.97 Å². The Balaban J connectivity index is 0.00000211. The Morgan fingerprint density at radius 3 is 2.73 bits per heavy atom. The van der Waals surface area contributed by atoms with E-state index >= 15 is 0 Å². The van der Waals surface area contributed by atoms with Gasteiger partial charge in [0.15, 0.2) is 0 Å². The molecule has 0 amide bonds. The van der Waals surface area contributed by atoms with Crippen LogP contribution in [-0.2, 0) is 9.53 Å². The number of carbonyl (C=O) groups is 1. The highest BCUT2D eigenvalue weighted by molar-refractivity contribution is 5.67. The van der Waals surface area contributed by atoms with E-state index < -0.39 is 5.97 Å². The lowest BCUT2D eigenvalue weighted by molar-refractivity contribution is -0.138. The van der Waals surface area contributed by atoms with Crippen molar-refractivity contribution in [3.8, 4) is 12.8 Å². The number of rotatable bonds is 2. The maximum atomic E-state index is 10.9. The van der Waals surface area contributed by atoms with Crippen molar-refractivity contribution < 1.29 is 14.6 Å². The molecule has 0 aliphatic carbocycles. The Labute approximate surface area is 135 Å². The summed E-state index contributed by atoms with van der Waals surface area (Å²) in [5, 5.41) is 9.01. The van der Waals surface area contributed by atoms with E-state index in [1.165, 1.54) is 6.42 Å². The second kappa shape index (κ2) is 13.2. The number of hydrogen-bond acceptors (Lipinski definition) is 2. The van der Waals surface area contributed by atoms with Gasteiger partial charge < -0.3 is 9.84 Å². The van der Waals surface area contributed by atoms with Crippen LogP contribution >= 0.6 is 0 Å². The minimum Gasteiger partial charge on any atom is -0.481 e. The zero-order valence-electron chi connectivity index (χ0n) is 13.8. The lowest BCUT2D eigenvalue weighted by atomic mass is 9.88. The van der Waals surface area contributed by atoms with E-state index in [2.05, 4.69) is 38.5 Å². The molecule has 0 aromatic carbocycles. The van der Waals surface area contributed by atoms with Crippen LogP contribution in [0.25, 0.3) is 0 Å². The van der Waals surface area contributed by atoms with Gasteiger partial charge in [-0.25, -0.2) is 0 Å². The monoisotopic (exact) mass is 306 g/mol. The van der Waals surface area contributed by atoms with Crippen LogP contribution in [0, 0.1) is 24.7 Å². The molecular formula is C19H30O3. The molecular weight excluding hydrogens is 276 g/mol. The third-order valence-electron chi connectivity index (χ3n) is 3.95. The largest absolute Gasteiger partial charge is 0.481 e. The fourth-order valence-electron chi connectivity index (χ4n) is 2.58. The summed E-state index contributed by atoms with van der Waals surface area (Å²) in [6.45, 7) is 7.50. The van der Waals surface area contributed by atoms with Crippen LogP contribution in [0.4, 0.5) is 0 Å². The lowest BCUT2D eigenvalue weighted by Gasteiger charge is -2.18. The van der Waals surface area contributed by atoms with Crippen LogP contribution in [0.15, 0.2) is 24.3 Å². The molecule has 0 aromatic rings. The number of carboxylic acids is 1. The van der Waals surface area contributed by atoms with Gasteiger partial charge in [0.1, 0.15) is 0 Å². The number of ether oxygens (including phenoxy) is 1. The molecule has 1 aliphatic heterocycles. The summed E-state index contributed by atoms with van der Waals surface area (Å²) >= 11 is 0. The molecule has 0 saturated heterocycles. The van der Waals surface area contributed by atoms with Crippen LogP contribution in [0.3, 0.4) is 0 Å². The number of carboxylic acid groups (broad SMARTS) is 1. The molecule has 2 atom stereocenters. The lowest BCUT2D eigenvalue weighted by Crippen LogP contribution is -2.11. The average Bonchev–Trinajstić information content (AvgIpc) is 2.50. The van der Waals surface area contributed by atoms with Gasteiger partial charge >= 0.3 is 5.97 Å². The van der Waals surface area contributed by atoms with Gasteiger partial charge in [0.25, 0.3) is 0 Å². The van der Waals surface area contributed by atoms with Gasteiger partial charge in [-0.1, -0.05) is 37.6 Å². The van der Waals surface area contributed by atoms with Crippen LogP contribution in [0.2, 0.25) is 0 Å². The Morgan fingerprint density at radius 2 is 2.05 bits per heavy atom. The quantitative estimate of drug-likeness (QED) is 0.606. The first-order valence-corrected chi connectivity index (χ1v) is 8.02. The van der Waals surface area contributed by atoms with Crippen LogP contribution in [0.5, 0.6) is 0 Å². The van der Waals surface area contributed by atoms with Gasteiger partial charge in [0.05, 0.1) is 13.2 Å². The van der Waals surface area contributed by atoms with Crippen molar-refractivity contribution in [3.63, 3.8) is 0 Å². The molecule has 22 heavy (non-hydrogen) atoms. The van der Waals surface area contributed by atoms with Crippen molar-refractivity contribution in [1.29, 1.82) is 0 Å². The Morgan fingerprint density at radius 1 is 1.32 bits per heavy atom. The average molecular weight is 306 g/mol. The molecule has 2 unspecified atom stereocenters. The topological polar surface area (TPSA) is 46.5 Å². The van der Waals surface area contributed by atoms with E-state index in [-0.39, 0.29) is 12.3 Å². The number of allylic oxidation sites excluding steroid dienone is 1. The van der Waals surface area contributed by atoms with Gasteiger partial charge in [-0.15, -0.1) is 12.8 Å². The van der Waals surface area contributed by atoms with Crippen molar-refractivity contribution in [3.05, 3.63) is 24.3 Å². The summed E-state index contributed by atoms with van der Waals surface area (Å²) in [4.78, 5) is 10.9. The third-order valence-corrected chi connectivity index (χ3v) is 3.95. The summed E-state index contributed by atoms with van der Waals surface area (Å²) in [5.41, 5.74) is 1.07. The molecule has 3 heteroatoms. The molecule has 1 rings (SSSR count). The van der Waals surface area contributed by atoms with Gasteiger partial charge in [-0.3, -0.25) is 4.79 Å². The van der Waals surface area contributed by atoms with Gasteiger partial charge in [0, 0.05) is 6.42 Å². The van der Waals surface area contributed by atoms with Crippen molar-refractivity contribution in [2.45, 2.75) is 51.9 Å². The highest BCUT2D eigenvalue weighted by Gasteiger charge is 2.15. The van der Waals surface area contributed by atoms with Crippen molar-refractivity contribution in [2.24, 2.45) is 11.8 Å². The highest BCUT2D eigenvalue weighted by Crippen LogP contribution is 2.24. The summed E-state index contributed by atoms with van der Waals surface area (Å²) in [5.74, 6) is 0.238. The van der Waals surface area contributed by atoms with E-state index in [1.807, 2.05) is 0 Å². The number of hydrogen-bond donors (Lipinski definition) is 1. The fraction of sp³-hybridized carbons (Fsp3) is 0.632. The first kappa shape index (κ1) is 20.5. The summed E-state index contributed by atoms with van der Waals surface area (Å²) in [6, 6.07) is 0. The van der Waals surface area contributed by atoms with E-state index in [4.69, 9.17) is 9.84 Å². The Hall–Kier alpha value is -1.53. The minimum absolute atomic E-state index is 0.269. The molecule has 0 fully saturated rings. The zero-order chi connectivity index (χ0) is 16.8. The van der Waals surface area contributed by atoms with Crippen LogP contribution in [0.1, 0.15) is 51.9 Å². The predicted molar refractivity (Wildman–Crippen MR) is 91.6 cm³/mol. The predicted octanol–water partition coefficient (Wildman–Crippen LogP) is 4.45. The number of aliphatic carboxylic acids is 1. The SMILES string of the molecule is C#C.C=C1CCC(CC(=O)O)CCC(C)CC/C=C\COC1. The molecule has 1 aliphatic rings. The second-order valence-electron chi connectivity index (χ2n) is 6.00. The summed E-state index contributed by atoms with van der Waals surface area (Å²) < 4.78 is 5.53. The molecule has 0 saturated carbocycles. The van der Waals surface area contributed by atoms with Gasteiger partial charge in [-0.2, -0.15) is 0 Å². The Kier molecular flexibility index (Phi) is 12.2. The third kappa shape index (κ3) is 11.2. The van der Waals surface area contributed by atoms with Crippen LogP contribution < -0.4 is 0 Å². The van der Waals surface area contributed by atoms with E-state index in [0.29, 0.717) is 19.1 Å². The molecule has 3 nitrogen and oxygen atoms in total.